The Balaban J connectivity index is 0.000000141. The van der Waals surface area contributed by atoms with Crippen LogP contribution in [0, 0.1) is 0 Å². The fourth-order valence-electron chi connectivity index (χ4n) is 2.50. The van der Waals surface area contributed by atoms with E-state index in [1.54, 1.807) is 0 Å². The lowest BCUT2D eigenvalue weighted by molar-refractivity contribution is 1.48. The smallest absolute Gasteiger partial charge is 0.0119 e. The van der Waals surface area contributed by atoms with E-state index < -0.39 is 0 Å². The first-order valence-corrected chi connectivity index (χ1v) is 9.15. The van der Waals surface area contributed by atoms with E-state index in [4.69, 9.17) is 0 Å². The van der Waals surface area contributed by atoms with E-state index in [1.165, 1.54) is 10.8 Å². The van der Waals surface area contributed by atoms with Gasteiger partial charge in [0.15, 0.2) is 0 Å². The number of benzene rings is 4. The minimum Gasteiger partial charge on any atom is -0.143 e. The molecule has 0 nitrogen and oxygen atoms in total. The fourth-order valence-corrected chi connectivity index (χ4v) is 3.49. The van der Waals surface area contributed by atoms with Gasteiger partial charge in [-0.3, -0.25) is 0 Å². The number of fused-ring (bicyclic) bond motifs is 2. The summed E-state index contributed by atoms with van der Waals surface area (Å²) in [7, 11) is 0. The van der Waals surface area contributed by atoms with Gasteiger partial charge in [-0.25, -0.2) is 0 Å². The first kappa shape index (κ1) is 17.6. The first-order chi connectivity index (χ1) is 11.5. The van der Waals surface area contributed by atoms with Crippen LogP contribution in [-0.4, -0.2) is 0 Å². The summed E-state index contributed by atoms with van der Waals surface area (Å²) in [6, 6.07) is 24.2. The summed E-state index contributed by atoms with van der Waals surface area (Å²) in [5, 5.41) is 4.74. The molecule has 0 fully saturated rings. The molecule has 0 saturated carbocycles. The Hall–Kier alpha value is -1.20. The average Bonchev–Trinajstić information content (AvgIpc) is 2.57. The Kier molecular flexibility index (Phi) is 5.72. The maximum atomic E-state index is 4.36. The van der Waals surface area contributed by atoms with Crippen LogP contribution in [0.25, 0.3) is 21.5 Å². The summed E-state index contributed by atoms with van der Waals surface area (Å²) >= 11 is 17.3. The molecule has 120 valence electrons. The van der Waals surface area contributed by atoms with E-state index in [-0.39, 0.29) is 0 Å². The van der Waals surface area contributed by atoms with Crippen molar-refractivity contribution in [1.29, 1.82) is 0 Å². The summed E-state index contributed by atoms with van der Waals surface area (Å²) in [6.07, 6.45) is 0. The predicted octanol–water partition coefficient (Wildman–Crippen LogP) is 6.83. The number of hydrogen-bond acceptors (Lipinski definition) is 4. The minimum atomic E-state index is 0.995. The van der Waals surface area contributed by atoms with Crippen molar-refractivity contribution < 1.29 is 0 Å². The Bertz CT molecular complexity index is 926. The molecule has 0 unspecified atom stereocenters. The highest BCUT2D eigenvalue weighted by molar-refractivity contribution is 7.81. The van der Waals surface area contributed by atoms with Gasteiger partial charge in [0, 0.05) is 19.6 Å². The molecule has 0 bridgehead atoms. The van der Waals surface area contributed by atoms with Crippen molar-refractivity contribution >= 4 is 72.1 Å². The largest absolute Gasteiger partial charge is 0.143 e. The van der Waals surface area contributed by atoms with E-state index in [1.807, 2.05) is 48.5 Å². The van der Waals surface area contributed by atoms with Crippen molar-refractivity contribution in [3.63, 3.8) is 0 Å². The third-order valence-electron chi connectivity index (χ3n) is 3.68. The van der Waals surface area contributed by atoms with Crippen LogP contribution in [0.3, 0.4) is 0 Å². The summed E-state index contributed by atoms with van der Waals surface area (Å²) in [6.45, 7) is 0. The van der Waals surface area contributed by atoms with Gasteiger partial charge < -0.3 is 0 Å². The lowest BCUT2D eigenvalue weighted by Crippen LogP contribution is -1.75. The monoisotopic (exact) mass is 384 g/mol. The highest BCUT2D eigenvalue weighted by atomic mass is 32.1. The number of rotatable bonds is 0. The second-order valence-electron chi connectivity index (χ2n) is 5.37. The molecule has 24 heavy (non-hydrogen) atoms. The lowest BCUT2D eigenvalue weighted by atomic mass is 10.1. The molecule has 0 heterocycles. The number of hydrogen-bond donors (Lipinski definition) is 4. The third-order valence-corrected chi connectivity index (χ3v) is 5.02. The van der Waals surface area contributed by atoms with Gasteiger partial charge in [0.05, 0.1) is 0 Å². The molecule has 0 atom stereocenters. The quantitative estimate of drug-likeness (QED) is 0.235. The van der Waals surface area contributed by atoms with Gasteiger partial charge in [-0.1, -0.05) is 36.4 Å². The van der Waals surface area contributed by atoms with E-state index in [2.05, 4.69) is 74.8 Å². The Morgan fingerprint density at radius 2 is 0.875 bits per heavy atom. The van der Waals surface area contributed by atoms with Crippen molar-refractivity contribution in [3.05, 3.63) is 72.8 Å². The summed E-state index contributed by atoms with van der Waals surface area (Å²) in [5.41, 5.74) is 0. The Morgan fingerprint density at radius 3 is 1.29 bits per heavy atom. The molecule has 4 aromatic rings. The summed E-state index contributed by atoms with van der Waals surface area (Å²) < 4.78 is 0. The van der Waals surface area contributed by atoms with Crippen molar-refractivity contribution in [2.75, 3.05) is 0 Å². The normalized spacial score (nSPS) is 10.5. The van der Waals surface area contributed by atoms with Crippen LogP contribution in [0.2, 0.25) is 0 Å². The summed E-state index contributed by atoms with van der Waals surface area (Å²) in [4.78, 5) is 4.00. The molecule has 0 aliphatic rings. The zero-order chi connectivity index (χ0) is 17.1. The van der Waals surface area contributed by atoms with Crippen LogP contribution >= 0.6 is 50.5 Å². The van der Waals surface area contributed by atoms with Gasteiger partial charge in [0.2, 0.25) is 0 Å². The second kappa shape index (κ2) is 7.79. The van der Waals surface area contributed by atoms with Crippen molar-refractivity contribution in [2.45, 2.75) is 19.6 Å². The van der Waals surface area contributed by atoms with Crippen LogP contribution in [-0.2, 0) is 0 Å². The molecule has 0 aromatic heterocycles. The van der Waals surface area contributed by atoms with Gasteiger partial charge in [-0.05, 0) is 57.9 Å². The molecule has 0 saturated heterocycles. The Labute approximate surface area is 163 Å². The Morgan fingerprint density at radius 1 is 0.458 bits per heavy atom. The van der Waals surface area contributed by atoms with E-state index in [0.29, 0.717) is 0 Å². The minimum absolute atomic E-state index is 0.995. The first-order valence-electron chi connectivity index (χ1n) is 7.36. The SMILES string of the molecule is Sc1ccc2cc(S)ccc2c1.Sc1cccc2c(S)cccc12. The van der Waals surface area contributed by atoms with Crippen molar-refractivity contribution in [1.82, 2.24) is 0 Å². The molecule has 0 aliphatic carbocycles. The maximum Gasteiger partial charge on any atom is 0.0119 e. The molecule has 0 aliphatic heterocycles. The molecule has 4 aromatic carbocycles. The standard InChI is InChI=1S/2C10H8S2/c11-9-3-1-7-5-10(12)4-2-8(7)6-9;11-9-5-1-3-7-8(9)4-2-6-10(7)12/h2*1-6,11-12H. The number of thiol groups is 4. The van der Waals surface area contributed by atoms with Crippen LogP contribution in [0.1, 0.15) is 0 Å². The van der Waals surface area contributed by atoms with E-state index in [0.717, 1.165) is 30.4 Å². The van der Waals surface area contributed by atoms with Crippen LogP contribution in [0.15, 0.2) is 92.4 Å². The zero-order valence-corrected chi connectivity index (χ0v) is 16.3. The topological polar surface area (TPSA) is 0 Å². The van der Waals surface area contributed by atoms with Gasteiger partial charge >= 0.3 is 0 Å². The highest BCUT2D eigenvalue weighted by Crippen LogP contribution is 2.26. The van der Waals surface area contributed by atoms with Gasteiger partial charge in [-0.15, -0.1) is 50.5 Å². The van der Waals surface area contributed by atoms with E-state index >= 15 is 0 Å². The van der Waals surface area contributed by atoms with Gasteiger partial charge in [0.1, 0.15) is 0 Å². The van der Waals surface area contributed by atoms with Crippen LogP contribution < -0.4 is 0 Å². The van der Waals surface area contributed by atoms with Crippen molar-refractivity contribution in [2.24, 2.45) is 0 Å². The average molecular weight is 385 g/mol. The molecule has 4 rings (SSSR count). The molecule has 4 heteroatoms. The fraction of sp³-hybridized carbons (Fsp3) is 0. The molecular weight excluding hydrogens is 368 g/mol. The van der Waals surface area contributed by atoms with Gasteiger partial charge in [0.25, 0.3) is 0 Å². The highest BCUT2D eigenvalue weighted by Gasteiger charge is 1.98. The summed E-state index contributed by atoms with van der Waals surface area (Å²) in [5.74, 6) is 0. The van der Waals surface area contributed by atoms with Crippen molar-refractivity contribution in [3.8, 4) is 0 Å². The lowest BCUT2D eigenvalue weighted by Gasteiger charge is -2.02. The molecule has 0 N–H and O–H groups in total. The molecule has 0 spiro atoms. The molecular formula is C20H16S4. The molecule has 0 amide bonds. The third kappa shape index (κ3) is 4.06. The predicted molar refractivity (Wildman–Crippen MR) is 117 cm³/mol. The van der Waals surface area contributed by atoms with Crippen LogP contribution in [0.5, 0.6) is 0 Å². The van der Waals surface area contributed by atoms with Gasteiger partial charge in [-0.2, -0.15) is 0 Å². The maximum absolute atomic E-state index is 4.36. The van der Waals surface area contributed by atoms with E-state index in [9.17, 15) is 0 Å². The zero-order valence-electron chi connectivity index (χ0n) is 12.7. The van der Waals surface area contributed by atoms with Crippen LogP contribution in [0.4, 0.5) is 0 Å². The second-order valence-corrected chi connectivity index (χ2v) is 7.36. The molecule has 0 radical (unpaired) electrons.